The van der Waals surface area contributed by atoms with Gasteiger partial charge < -0.3 is 9.38 Å². The van der Waals surface area contributed by atoms with Crippen molar-refractivity contribution in [2.75, 3.05) is 0 Å². The van der Waals surface area contributed by atoms with Crippen LogP contribution in [0.2, 0.25) is 19.6 Å². The van der Waals surface area contributed by atoms with Gasteiger partial charge in [0.15, 0.2) is 0 Å². The normalized spacial score (nSPS) is 12.3. The number of pyridine rings is 1. The Balaban J connectivity index is 0.000000210. The van der Waals surface area contributed by atoms with Gasteiger partial charge in [0.05, 0.1) is 24.9 Å². The van der Waals surface area contributed by atoms with Crippen molar-refractivity contribution in [3.8, 4) is 22.6 Å². The zero-order valence-electron chi connectivity index (χ0n) is 39.5. The topological polar surface area (TPSA) is 30.2 Å². The van der Waals surface area contributed by atoms with E-state index in [1.807, 2.05) is 55.6 Å². The molecule has 0 amide bonds. The van der Waals surface area contributed by atoms with Crippen LogP contribution >= 0.6 is 11.3 Å². The van der Waals surface area contributed by atoms with Crippen molar-refractivity contribution in [1.82, 2.24) is 14.4 Å². The molecule has 13 aromatic rings. The SMILES string of the molecule is [2H]C(C)(C)c1cc(-c2[c-]cccc2)ncc1[Si](C)(C)C.[Ir].[c-]1ccc2c(sc3cc4c(ccc5ccccc54)cc32)c1-c1nc2cccc3c4ccccc4c4ccccc4c4ccccc4n1c23. The van der Waals surface area contributed by atoms with Crippen LogP contribution in [-0.4, -0.2) is 22.4 Å². The van der Waals surface area contributed by atoms with Gasteiger partial charge in [0.25, 0.3) is 0 Å². The van der Waals surface area contributed by atoms with Gasteiger partial charge in [-0.25, -0.2) is 0 Å². The van der Waals surface area contributed by atoms with Crippen molar-refractivity contribution in [3.63, 3.8) is 0 Å². The van der Waals surface area contributed by atoms with Gasteiger partial charge in [-0.3, -0.25) is 4.98 Å². The van der Waals surface area contributed by atoms with E-state index < -0.39 is 14.0 Å². The third-order valence-corrected chi connectivity index (χ3v) is 16.5. The van der Waals surface area contributed by atoms with Gasteiger partial charge >= 0.3 is 0 Å². The number of thiophene rings is 1. The smallest absolute Gasteiger partial charge is 0.0799 e. The number of benzene rings is 9. The molecular weight excluding hydrogens is 1040 g/mol. The average molecular weight is 1090 g/mol. The Hall–Kier alpha value is -6.79. The van der Waals surface area contributed by atoms with Crippen LogP contribution in [0, 0.1) is 12.1 Å². The summed E-state index contributed by atoms with van der Waals surface area (Å²) in [7, 11) is -1.50. The minimum atomic E-state index is -1.50. The van der Waals surface area contributed by atoms with Gasteiger partial charge in [0.2, 0.25) is 0 Å². The molecule has 6 heteroatoms. The molecule has 1 radical (unpaired) electrons. The van der Waals surface area contributed by atoms with Gasteiger partial charge in [0.1, 0.15) is 0 Å². The van der Waals surface area contributed by atoms with E-state index in [-0.39, 0.29) is 20.1 Å². The van der Waals surface area contributed by atoms with Crippen LogP contribution in [0.25, 0.3) is 113 Å². The number of hydrogen-bond acceptors (Lipinski definition) is 3. The molecule has 4 heterocycles. The van der Waals surface area contributed by atoms with E-state index in [0.29, 0.717) is 0 Å². The maximum atomic E-state index is 8.44. The molecular formula is C62H47IrN3SSi-2. The molecule has 0 saturated carbocycles. The Labute approximate surface area is 416 Å². The van der Waals surface area contributed by atoms with Gasteiger partial charge in [-0.15, -0.1) is 54.1 Å². The van der Waals surface area contributed by atoms with E-state index in [1.54, 1.807) is 0 Å². The molecule has 0 unspecified atom stereocenters. The first-order valence-electron chi connectivity index (χ1n) is 23.5. The Morgan fingerprint density at radius 2 is 1.22 bits per heavy atom. The maximum absolute atomic E-state index is 8.44. The molecule has 0 aliphatic heterocycles. The van der Waals surface area contributed by atoms with Crippen LogP contribution in [0.3, 0.4) is 0 Å². The van der Waals surface area contributed by atoms with Crippen molar-refractivity contribution >= 4 is 115 Å². The summed E-state index contributed by atoms with van der Waals surface area (Å²) in [5.74, 6) is 0.302. The Bertz CT molecular complexity index is 4180. The number of nitrogens with zero attached hydrogens (tertiary/aromatic N) is 3. The summed E-state index contributed by atoms with van der Waals surface area (Å²) in [5, 5.41) is 16.1. The maximum Gasteiger partial charge on any atom is 0.0799 e. The minimum absolute atomic E-state index is 0. The van der Waals surface area contributed by atoms with Gasteiger partial charge in [0, 0.05) is 48.7 Å². The van der Waals surface area contributed by atoms with E-state index in [9.17, 15) is 0 Å². The molecule has 0 aliphatic rings. The summed E-state index contributed by atoms with van der Waals surface area (Å²) in [6.07, 6.45) is 1.98. The predicted octanol–water partition coefficient (Wildman–Crippen LogP) is 16.9. The molecule has 4 aromatic heterocycles. The standard InChI is InChI=1S/C45H25N2S.C17H22NSi.Ir/c1-2-12-29-27(11-1)23-24-28-25-39-36-19-9-20-37(44(36)48-42(39)26-38(28)29)45-46-40-21-10-18-35-33-16-6-4-14-31(33)30-13-3-5-15-32(30)34-17-7-8-22-41(34)47(45)43(35)40;1-13(2)15-11-16(14-9-7-6-8-10-14)18-12-17(15)19(3,4)5;/h1-19,21-26H;6-9,11-13H,1-5H3;/q2*-1;/i;13D;. The van der Waals surface area contributed by atoms with Crippen LogP contribution in [0.1, 0.15) is 26.7 Å². The largest absolute Gasteiger partial charge is 0.332 e. The van der Waals surface area contributed by atoms with E-state index in [2.05, 4.69) is 199 Å². The third kappa shape index (κ3) is 7.35. The second-order valence-electron chi connectivity index (χ2n) is 18.7. The number of hydrogen-bond donors (Lipinski definition) is 0. The molecule has 9 aromatic carbocycles. The fraction of sp³-hybridized carbons (Fsp3) is 0.0968. The molecule has 0 saturated heterocycles. The van der Waals surface area contributed by atoms with Crippen LogP contribution in [0.5, 0.6) is 0 Å². The minimum Gasteiger partial charge on any atom is -0.332 e. The zero-order chi connectivity index (χ0) is 46.3. The molecule has 68 heavy (non-hydrogen) atoms. The summed E-state index contributed by atoms with van der Waals surface area (Å²) in [4.78, 5) is 10.1. The number of fused-ring (bicyclic) bond motifs is 13. The van der Waals surface area contributed by atoms with E-state index in [1.165, 1.54) is 79.2 Å². The molecule has 3 nitrogen and oxygen atoms in total. The van der Waals surface area contributed by atoms with Crippen LogP contribution < -0.4 is 5.19 Å². The number of para-hydroxylation sites is 2. The molecule has 0 bridgehead atoms. The van der Waals surface area contributed by atoms with Crippen molar-refractivity contribution in [2.24, 2.45) is 0 Å². The van der Waals surface area contributed by atoms with Crippen molar-refractivity contribution < 1.29 is 21.5 Å². The first-order valence-corrected chi connectivity index (χ1v) is 27.3. The Kier molecular flexibility index (Phi) is 10.9. The van der Waals surface area contributed by atoms with E-state index >= 15 is 0 Å². The predicted molar refractivity (Wildman–Crippen MR) is 292 cm³/mol. The van der Waals surface area contributed by atoms with Crippen molar-refractivity contribution in [2.45, 2.75) is 39.4 Å². The van der Waals surface area contributed by atoms with Gasteiger partial charge in [-0.05, 0) is 94.2 Å². The van der Waals surface area contributed by atoms with Crippen LogP contribution in [-0.2, 0) is 20.1 Å². The first kappa shape index (κ1) is 42.6. The second kappa shape index (κ2) is 17.4. The summed E-state index contributed by atoms with van der Waals surface area (Å²) in [6.45, 7) is 10.8. The van der Waals surface area contributed by atoms with E-state index in [4.69, 9.17) is 6.35 Å². The van der Waals surface area contributed by atoms with Gasteiger partial charge in [-0.1, -0.05) is 171 Å². The van der Waals surface area contributed by atoms with E-state index in [0.717, 1.165) is 44.8 Å². The van der Waals surface area contributed by atoms with Crippen LogP contribution in [0.15, 0.2) is 188 Å². The number of imidazole rings is 1. The molecule has 331 valence electrons. The van der Waals surface area contributed by atoms with Crippen molar-refractivity contribution in [1.29, 1.82) is 0 Å². The molecule has 0 spiro atoms. The van der Waals surface area contributed by atoms with Crippen LogP contribution in [0.4, 0.5) is 0 Å². The Morgan fingerprint density at radius 1 is 0.574 bits per heavy atom. The molecule has 0 aliphatic carbocycles. The third-order valence-electron chi connectivity index (χ3n) is 13.3. The fourth-order valence-corrected chi connectivity index (χ4v) is 12.9. The summed E-state index contributed by atoms with van der Waals surface area (Å²) in [6, 6.07) is 72.0. The summed E-state index contributed by atoms with van der Waals surface area (Å²) < 4.78 is 13.3. The molecule has 0 fully saturated rings. The second-order valence-corrected chi connectivity index (χ2v) is 24.8. The monoisotopic (exact) mass is 1090 g/mol. The van der Waals surface area contributed by atoms with Gasteiger partial charge in [-0.2, -0.15) is 11.3 Å². The quantitative estimate of drug-likeness (QED) is 0.0999. The first-order chi connectivity index (χ1) is 33.0. The molecule has 0 N–H and O–H groups in total. The molecule has 0 atom stereocenters. The fourth-order valence-electron chi connectivity index (χ4n) is 10.1. The number of aromatic nitrogens is 3. The molecule has 13 rings (SSSR count). The van der Waals surface area contributed by atoms with Crippen molar-refractivity contribution in [3.05, 3.63) is 206 Å². The summed E-state index contributed by atoms with van der Waals surface area (Å²) in [5.41, 5.74) is 7.22. The zero-order valence-corrected chi connectivity index (χ0v) is 42.7. The summed E-state index contributed by atoms with van der Waals surface area (Å²) >= 11 is 1.85. The average Bonchev–Trinajstić information content (AvgIpc) is 3.94. The Morgan fingerprint density at radius 3 is 1.94 bits per heavy atom. The number of rotatable bonds is 4.